The minimum atomic E-state index is -0.769. The van der Waals surface area contributed by atoms with Crippen LogP contribution in [0.5, 0.6) is 0 Å². The van der Waals surface area contributed by atoms with E-state index < -0.39 is 12.1 Å². The molecular formula is C50H98N6O6. The van der Waals surface area contributed by atoms with Gasteiger partial charge in [0, 0.05) is 39.3 Å². The molecule has 0 aliphatic heterocycles. The van der Waals surface area contributed by atoms with Gasteiger partial charge in [0.2, 0.25) is 17.7 Å². The Morgan fingerprint density at radius 1 is 0.548 bits per heavy atom. The van der Waals surface area contributed by atoms with Gasteiger partial charge < -0.3 is 40.4 Å². The zero-order valence-electron chi connectivity index (χ0n) is 41.1. The predicted octanol–water partition coefficient (Wildman–Crippen LogP) is 8.16. The monoisotopic (exact) mass is 879 g/mol. The maximum Gasteiger partial charge on any atom is 0.242 e. The number of aldehydes is 2. The van der Waals surface area contributed by atoms with Crippen LogP contribution in [-0.2, 0) is 24.0 Å². The van der Waals surface area contributed by atoms with Crippen LogP contribution >= 0.6 is 0 Å². The Hall–Kier alpha value is -2.41. The molecular weight excluding hydrogens is 781 g/mol. The molecule has 0 aromatic carbocycles. The van der Waals surface area contributed by atoms with Gasteiger partial charge in [-0.05, 0) is 44.1 Å². The highest BCUT2D eigenvalue weighted by Gasteiger charge is 2.30. The van der Waals surface area contributed by atoms with Crippen molar-refractivity contribution in [3.63, 3.8) is 0 Å². The van der Waals surface area contributed by atoms with E-state index in [-0.39, 0.29) is 68.9 Å². The highest BCUT2D eigenvalue weighted by atomic mass is 16.3. The Labute approximate surface area is 380 Å². The summed E-state index contributed by atoms with van der Waals surface area (Å²) in [5.41, 5.74) is 6.06. The molecule has 4 unspecified atom stereocenters. The van der Waals surface area contributed by atoms with Gasteiger partial charge in [0.25, 0.3) is 0 Å². The third-order valence-corrected chi connectivity index (χ3v) is 12.6. The molecule has 0 aromatic rings. The number of nitrogens with one attached hydrogen (secondary N) is 1. The van der Waals surface area contributed by atoms with Crippen LogP contribution in [0.15, 0.2) is 0 Å². The molecule has 3 amide bonds. The average Bonchev–Trinajstić information content (AvgIpc) is 3.28. The van der Waals surface area contributed by atoms with Crippen LogP contribution in [0.4, 0.5) is 0 Å². The van der Waals surface area contributed by atoms with E-state index in [0.717, 1.165) is 109 Å². The lowest BCUT2D eigenvalue weighted by molar-refractivity contribution is -0.146. The molecule has 12 heteroatoms. The molecule has 4 N–H and O–H groups in total. The van der Waals surface area contributed by atoms with Crippen molar-refractivity contribution >= 4 is 30.3 Å². The normalized spacial score (nSPS) is 13.4. The Morgan fingerprint density at radius 3 is 1.48 bits per heavy atom. The van der Waals surface area contributed by atoms with E-state index in [0.29, 0.717) is 32.7 Å². The Bertz CT molecular complexity index is 1110. The Morgan fingerprint density at radius 2 is 1.02 bits per heavy atom. The number of aliphatic hydroxyl groups is 1. The fourth-order valence-electron chi connectivity index (χ4n) is 8.28. The van der Waals surface area contributed by atoms with E-state index in [1.807, 2.05) is 4.90 Å². The predicted molar refractivity (Wildman–Crippen MR) is 257 cm³/mol. The largest absolute Gasteiger partial charge is 0.395 e. The van der Waals surface area contributed by atoms with E-state index in [1.165, 1.54) is 57.8 Å². The van der Waals surface area contributed by atoms with Crippen molar-refractivity contribution in [1.29, 1.82) is 0 Å². The van der Waals surface area contributed by atoms with Crippen LogP contribution < -0.4 is 11.1 Å². The first-order chi connectivity index (χ1) is 30.1. The first kappa shape index (κ1) is 59.6. The number of amides is 3. The second-order valence-electron chi connectivity index (χ2n) is 18.0. The zero-order valence-corrected chi connectivity index (χ0v) is 41.1. The number of nitrogens with zero attached hydrogens (tertiary/aromatic N) is 4. The molecule has 0 spiro atoms. The molecule has 0 saturated heterocycles. The summed E-state index contributed by atoms with van der Waals surface area (Å²) < 4.78 is 0. The van der Waals surface area contributed by atoms with Crippen molar-refractivity contribution in [3.05, 3.63) is 0 Å². The molecule has 62 heavy (non-hydrogen) atoms. The minimum Gasteiger partial charge on any atom is -0.395 e. The molecule has 0 rings (SSSR count). The maximum atomic E-state index is 14.6. The van der Waals surface area contributed by atoms with Gasteiger partial charge in [0.15, 0.2) is 0 Å². The first-order valence-electron chi connectivity index (χ1n) is 25.6. The lowest BCUT2D eigenvalue weighted by Gasteiger charge is -2.35. The standard InChI is InChI=1S/C50H98N6O6/c1-7-13-17-19-21-23-25-27-32-53(38-46(42-58)52-31-34-57)39-48(60)55(36-44(11-5)29-15-9-3)40-49(61)54(33-28-26-24-22-20-18-14-8-2)41-50(62)56(47(35-51)43-59)37-45(12-6)30-16-10-4/h42-47,52,57H,7-41,51H2,1-6H3. The van der Waals surface area contributed by atoms with E-state index in [2.05, 4.69) is 46.9 Å². The van der Waals surface area contributed by atoms with Gasteiger partial charge in [-0.15, -0.1) is 0 Å². The molecule has 0 aliphatic carbocycles. The number of unbranched alkanes of at least 4 members (excludes halogenated alkanes) is 16. The summed E-state index contributed by atoms with van der Waals surface area (Å²) >= 11 is 0. The molecule has 0 aromatic heterocycles. The molecule has 364 valence electrons. The van der Waals surface area contributed by atoms with Crippen molar-refractivity contribution in [3.8, 4) is 0 Å². The quantitative estimate of drug-likeness (QED) is 0.0406. The van der Waals surface area contributed by atoms with Crippen molar-refractivity contribution in [2.45, 2.75) is 208 Å². The highest BCUT2D eigenvalue weighted by molar-refractivity contribution is 5.89. The number of nitrogens with two attached hydrogens (primary N) is 1. The van der Waals surface area contributed by atoms with Crippen LogP contribution in [0.1, 0.15) is 196 Å². The zero-order chi connectivity index (χ0) is 46.2. The van der Waals surface area contributed by atoms with Crippen LogP contribution in [0.25, 0.3) is 0 Å². The first-order valence-corrected chi connectivity index (χ1v) is 25.6. The van der Waals surface area contributed by atoms with Crippen LogP contribution in [-0.4, -0.2) is 139 Å². The highest BCUT2D eigenvalue weighted by Crippen LogP contribution is 2.19. The minimum absolute atomic E-state index is 0.0137. The molecule has 12 nitrogen and oxygen atoms in total. The van der Waals surface area contributed by atoms with Crippen LogP contribution in [0.3, 0.4) is 0 Å². The molecule has 4 atom stereocenters. The van der Waals surface area contributed by atoms with Gasteiger partial charge in [-0.3, -0.25) is 19.3 Å². The number of hydrogen-bond acceptors (Lipinski definition) is 9. The third kappa shape index (κ3) is 29.1. The molecule has 0 heterocycles. The molecule has 0 saturated carbocycles. The summed E-state index contributed by atoms with van der Waals surface area (Å²) in [4.78, 5) is 74.8. The van der Waals surface area contributed by atoms with E-state index in [4.69, 9.17) is 5.73 Å². The second kappa shape index (κ2) is 41.3. The Balaban J connectivity index is 6.57. The summed E-state index contributed by atoms with van der Waals surface area (Å²) in [6.45, 7) is 15.2. The van der Waals surface area contributed by atoms with E-state index in [9.17, 15) is 29.1 Å². The molecule has 0 radical (unpaired) electrons. The third-order valence-electron chi connectivity index (χ3n) is 12.6. The van der Waals surface area contributed by atoms with Crippen LogP contribution in [0, 0.1) is 11.8 Å². The fraction of sp³-hybridized carbons (Fsp3) is 0.900. The van der Waals surface area contributed by atoms with Gasteiger partial charge in [0.1, 0.15) is 12.6 Å². The van der Waals surface area contributed by atoms with Gasteiger partial charge >= 0.3 is 0 Å². The summed E-state index contributed by atoms with van der Waals surface area (Å²) in [6, 6.07) is -1.31. The smallest absolute Gasteiger partial charge is 0.242 e. The SMILES string of the molecule is CCCCCCCCCCN(CC(=O)N(CC(=O)N(CCCCCCCCCC)CC(=O)N(CC(CC)CCCC)C(C=O)CN)CC(CC)CCCC)CC(C=O)NCCO. The average molecular weight is 879 g/mol. The summed E-state index contributed by atoms with van der Waals surface area (Å²) in [6.07, 6.45) is 27.4. The lowest BCUT2D eigenvalue weighted by atomic mass is 9.98. The van der Waals surface area contributed by atoms with Crippen molar-refractivity contribution in [2.75, 3.05) is 72.1 Å². The number of aliphatic hydroxyl groups excluding tert-OH is 1. The second-order valence-corrected chi connectivity index (χ2v) is 18.0. The summed E-state index contributed by atoms with van der Waals surface area (Å²) in [5.74, 6) is -0.274. The van der Waals surface area contributed by atoms with Gasteiger partial charge in [-0.1, -0.05) is 170 Å². The number of hydrogen-bond donors (Lipinski definition) is 3. The van der Waals surface area contributed by atoms with Crippen molar-refractivity contribution in [1.82, 2.24) is 24.9 Å². The Kier molecular flexibility index (Phi) is 39.7. The van der Waals surface area contributed by atoms with E-state index in [1.54, 1.807) is 14.7 Å². The fourth-order valence-corrected chi connectivity index (χ4v) is 8.28. The molecule has 0 bridgehead atoms. The van der Waals surface area contributed by atoms with Crippen molar-refractivity contribution < 1.29 is 29.1 Å². The number of carbonyl (C=O) groups excluding carboxylic acids is 5. The van der Waals surface area contributed by atoms with Gasteiger partial charge in [-0.2, -0.15) is 0 Å². The number of rotatable bonds is 45. The number of carbonyl (C=O) groups is 5. The summed E-state index contributed by atoms with van der Waals surface area (Å²) in [7, 11) is 0. The van der Waals surface area contributed by atoms with Crippen LogP contribution in [0.2, 0.25) is 0 Å². The molecule has 0 aliphatic rings. The van der Waals surface area contributed by atoms with Gasteiger partial charge in [-0.25, -0.2) is 0 Å². The topological polar surface area (TPSA) is 157 Å². The molecule has 0 fully saturated rings. The van der Waals surface area contributed by atoms with Crippen molar-refractivity contribution in [2.24, 2.45) is 17.6 Å². The van der Waals surface area contributed by atoms with Gasteiger partial charge in [0.05, 0.1) is 38.3 Å². The lowest BCUT2D eigenvalue weighted by Crippen LogP contribution is -2.54. The maximum absolute atomic E-state index is 14.6. The summed E-state index contributed by atoms with van der Waals surface area (Å²) in [5, 5.41) is 12.5. The van der Waals surface area contributed by atoms with E-state index >= 15 is 0 Å².